The highest BCUT2D eigenvalue weighted by atomic mass is 32.2. The van der Waals surface area contributed by atoms with E-state index in [1.54, 1.807) is 18.7 Å². The Hall–Kier alpha value is -1.19. The summed E-state index contributed by atoms with van der Waals surface area (Å²) in [6.45, 7) is 3.86. The number of aromatic nitrogens is 2. The number of rotatable bonds is 8. The number of carbonyl (C=O) groups excluding carboxylic acids is 1. The highest BCUT2D eigenvalue weighted by Gasteiger charge is 2.18. The van der Waals surface area contributed by atoms with E-state index >= 15 is 0 Å². The Morgan fingerprint density at radius 2 is 2.04 bits per heavy atom. The minimum atomic E-state index is -0.994. The number of nitrogens with zero attached hydrogens (tertiary/aromatic N) is 2. The van der Waals surface area contributed by atoms with E-state index in [1.165, 1.54) is 29.2 Å². The third-order valence-corrected chi connectivity index (χ3v) is 6.27. The Morgan fingerprint density at radius 3 is 2.75 bits per heavy atom. The maximum absolute atomic E-state index is 13.2. The zero-order valence-electron chi connectivity index (χ0n) is 13.2. The van der Waals surface area contributed by atoms with Crippen molar-refractivity contribution in [2.45, 2.75) is 40.6 Å². The van der Waals surface area contributed by atoms with Crippen molar-refractivity contribution in [3.05, 3.63) is 29.8 Å². The van der Waals surface area contributed by atoms with E-state index in [9.17, 15) is 13.6 Å². The number of hydrogen-bond acceptors (Lipinski definition) is 6. The van der Waals surface area contributed by atoms with E-state index in [-0.39, 0.29) is 11.6 Å². The fourth-order valence-electron chi connectivity index (χ4n) is 1.63. The van der Waals surface area contributed by atoms with Crippen LogP contribution in [-0.4, -0.2) is 27.1 Å². The Balaban J connectivity index is 1.88. The number of amides is 1. The number of benzene rings is 1. The van der Waals surface area contributed by atoms with Gasteiger partial charge in [0.1, 0.15) is 0 Å². The molecule has 130 valence electrons. The summed E-state index contributed by atoms with van der Waals surface area (Å²) in [6.07, 6.45) is 2.26. The first kappa shape index (κ1) is 19.1. The van der Waals surface area contributed by atoms with Gasteiger partial charge in [0, 0.05) is 17.5 Å². The molecule has 0 aliphatic carbocycles. The molecular formula is C15H17F2N3OS3. The lowest BCUT2D eigenvalue weighted by atomic mass is 10.3. The highest BCUT2D eigenvalue weighted by Crippen LogP contribution is 2.32. The number of hydrogen-bond donors (Lipinski definition) is 1. The molecule has 0 saturated carbocycles. The number of thioether (sulfide) groups is 2. The summed E-state index contributed by atoms with van der Waals surface area (Å²) in [5, 5.41) is 10.3. The molecule has 1 amide bonds. The Bertz CT molecular complexity index is 696. The van der Waals surface area contributed by atoms with Gasteiger partial charge in [-0.15, -0.1) is 10.2 Å². The molecule has 0 fully saturated rings. The van der Waals surface area contributed by atoms with Gasteiger partial charge in [-0.25, -0.2) is 8.78 Å². The molecule has 24 heavy (non-hydrogen) atoms. The summed E-state index contributed by atoms with van der Waals surface area (Å²) < 4.78 is 27.6. The van der Waals surface area contributed by atoms with Gasteiger partial charge in [-0.2, -0.15) is 0 Å². The van der Waals surface area contributed by atoms with Gasteiger partial charge in [0.2, 0.25) is 5.91 Å². The van der Waals surface area contributed by atoms with Gasteiger partial charge in [0.05, 0.1) is 5.25 Å². The van der Waals surface area contributed by atoms with Gasteiger partial charge in [-0.05, 0) is 25.5 Å². The zero-order valence-corrected chi connectivity index (χ0v) is 15.7. The quantitative estimate of drug-likeness (QED) is 0.518. The van der Waals surface area contributed by atoms with Crippen molar-refractivity contribution < 1.29 is 13.6 Å². The van der Waals surface area contributed by atoms with Crippen molar-refractivity contribution >= 4 is 46.5 Å². The van der Waals surface area contributed by atoms with Gasteiger partial charge in [-0.1, -0.05) is 48.2 Å². The molecule has 0 radical (unpaired) electrons. The standard InChI is InChI=1S/C15H17F2N3OS3/c1-3-4-7-22-14-19-20-15(24-14)23-9(2)13(21)18-10-5-6-11(16)12(17)8-10/h5-6,8-9H,3-4,7H2,1-2H3,(H,18,21). The van der Waals surface area contributed by atoms with Crippen molar-refractivity contribution in [1.82, 2.24) is 10.2 Å². The topological polar surface area (TPSA) is 54.9 Å². The van der Waals surface area contributed by atoms with Gasteiger partial charge >= 0.3 is 0 Å². The van der Waals surface area contributed by atoms with E-state index < -0.39 is 16.9 Å². The lowest BCUT2D eigenvalue weighted by molar-refractivity contribution is -0.115. The lowest BCUT2D eigenvalue weighted by Gasteiger charge is -2.10. The van der Waals surface area contributed by atoms with E-state index in [4.69, 9.17) is 0 Å². The normalized spacial score (nSPS) is 12.2. The van der Waals surface area contributed by atoms with Crippen LogP contribution in [0.25, 0.3) is 0 Å². The molecule has 0 spiro atoms. The molecule has 0 saturated heterocycles. The molecule has 1 N–H and O–H groups in total. The monoisotopic (exact) mass is 389 g/mol. The maximum atomic E-state index is 13.2. The fraction of sp³-hybridized carbons (Fsp3) is 0.400. The molecule has 0 aliphatic heterocycles. The fourth-order valence-corrected chi connectivity index (χ4v) is 4.95. The summed E-state index contributed by atoms with van der Waals surface area (Å²) in [5.41, 5.74) is 0.222. The van der Waals surface area contributed by atoms with E-state index in [0.29, 0.717) is 4.34 Å². The molecule has 0 bridgehead atoms. The highest BCUT2D eigenvalue weighted by molar-refractivity contribution is 8.03. The number of nitrogens with one attached hydrogen (secondary N) is 1. The molecule has 1 atom stereocenters. The summed E-state index contributed by atoms with van der Waals surface area (Å²) >= 11 is 4.40. The second-order valence-electron chi connectivity index (χ2n) is 4.91. The lowest BCUT2D eigenvalue weighted by Crippen LogP contribution is -2.22. The third-order valence-electron chi connectivity index (χ3n) is 2.95. The van der Waals surface area contributed by atoms with Crippen molar-refractivity contribution in [3.63, 3.8) is 0 Å². The molecule has 4 nitrogen and oxygen atoms in total. The summed E-state index contributed by atoms with van der Waals surface area (Å²) in [5.74, 6) is -1.24. The van der Waals surface area contributed by atoms with Crippen LogP contribution in [0.2, 0.25) is 0 Å². The number of halogens is 2. The van der Waals surface area contributed by atoms with Crippen LogP contribution < -0.4 is 5.32 Å². The Labute approximate surface area is 151 Å². The van der Waals surface area contributed by atoms with E-state index in [2.05, 4.69) is 22.4 Å². The molecule has 1 heterocycles. The van der Waals surface area contributed by atoms with Crippen LogP contribution >= 0.6 is 34.9 Å². The van der Waals surface area contributed by atoms with Gasteiger partial charge in [-0.3, -0.25) is 4.79 Å². The van der Waals surface area contributed by atoms with Crippen molar-refractivity contribution in [1.29, 1.82) is 0 Å². The molecule has 1 unspecified atom stereocenters. The Morgan fingerprint density at radius 1 is 1.29 bits per heavy atom. The van der Waals surface area contributed by atoms with Crippen LogP contribution in [0.15, 0.2) is 26.9 Å². The predicted octanol–water partition coefficient (Wildman–Crippen LogP) is 4.83. The Kier molecular flexibility index (Phi) is 7.44. The minimum Gasteiger partial charge on any atom is -0.325 e. The number of carbonyl (C=O) groups is 1. The largest absolute Gasteiger partial charge is 0.325 e. The van der Waals surface area contributed by atoms with Crippen LogP contribution in [0.5, 0.6) is 0 Å². The van der Waals surface area contributed by atoms with Crippen LogP contribution in [-0.2, 0) is 4.79 Å². The summed E-state index contributed by atoms with van der Waals surface area (Å²) in [4.78, 5) is 12.1. The van der Waals surface area contributed by atoms with Crippen molar-refractivity contribution in [2.75, 3.05) is 11.1 Å². The molecule has 1 aromatic heterocycles. The number of unbranched alkanes of at least 4 members (excludes halogenated alkanes) is 1. The van der Waals surface area contributed by atoms with Crippen LogP contribution in [0.1, 0.15) is 26.7 Å². The average molecular weight is 390 g/mol. The first-order valence-electron chi connectivity index (χ1n) is 7.38. The second-order valence-corrected chi connectivity index (χ2v) is 8.82. The predicted molar refractivity (Wildman–Crippen MR) is 95.8 cm³/mol. The molecule has 1 aromatic carbocycles. The first-order valence-corrected chi connectivity index (χ1v) is 10.1. The van der Waals surface area contributed by atoms with Gasteiger partial charge in [0.15, 0.2) is 20.3 Å². The van der Waals surface area contributed by atoms with Gasteiger partial charge < -0.3 is 5.32 Å². The zero-order chi connectivity index (χ0) is 17.5. The summed E-state index contributed by atoms with van der Waals surface area (Å²) in [7, 11) is 0. The summed E-state index contributed by atoms with van der Waals surface area (Å²) in [6, 6.07) is 3.26. The molecule has 9 heteroatoms. The molecule has 0 aliphatic rings. The molecular weight excluding hydrogens is 372 g/mol. The van der Waals surface area contributed by atoms with Crippen LogP contribution in [0.3, 0.4) is 0 Å². The first-order chi connectivity index (χ1) is 11.5. The smallest absolute Gasteiger partial charge is 0.237 e. The SMILES string of the molecule is CCCCSc1nnc(SC(C)C(=O)Nc2ccc(F)c(F)c2)s1. The number of anilines is 1. The van der Waals surface area contributed by atoms with Crippen molar-refractivity contribution in [2.24, 2.45) is 0 Å². The van der Waals surface area contributed by atoms with E-state index in [0.717, 1.165) is 35.1 Å². The van der Waals surface area contributed by atoms with Crippen LogP contribution in [0.4, 0.5) is 14.5 Å². The third kappa shape index (κ3) is 5.71. The van der Waals surface area contributed by atoms with E-state index in [1.807, 2.05) is 0 Å². The minimum absolute atomic E-state index is 0.222. The van der Waals surface area contributed by atoms with Crippen molar-refractivity contribution in [3.8, 4) is 0 Å². The maximum Gasteiger partial charge on any atom is 0.237 e. The second kappa shape index (κ2) is 9.33. The molecule has 2 aromatic rings. The molecule has 2 rings (SSSR count). The average Bonchev–Trinajstić information content (AvgIpc) is 2.98. The van der Waals surface area contributed by atoms with Crippen LogP contribution in [0, 0.1) is 11.6 Å². The van der Waals surface area contributed by atoms with Gasteiger partial charge in [0.25, 0.3) is 0 Å².